The van der Waals surface area contributed by atoms with E-state index < -0.39 is 0 Å². The molecule has 0 amide bonds. The molecule has 0 aliphatic rings. The minimum atomic E-state index is 0.751. The van der Waals surface area contributed by atoms with Gasteiger partial charge in [-0.15, -0.1) is 0 Å². The molecule has 0 saturated heterocycles. The van der Waals surface area contributed by atoms with Crippen molar-refractivity contribution in [2.45, 2.75) is 13.8 Å². The van der Waals surface area contributed by atoms with Gasteiger partial charge in [0.15, 0.2) is 0 Å². The largest absolute Gasteiger partial charge is 0.399 e. The first-order valence-electron chi connectivity index (χ1n) is 6.62. The van der Waals surface area contributed by atoms with Gasteiger partial charge in [0.05, 0.1) is 5.52 Å². The molecule has 3 N–H and O–H groups in total. The molecule has 0 spiro atoms. The molecule has 3 aromatic rings. The highest BCUT2D eigenvalue weighted by molar-refractivity contribution is 5.93. The Morgan fingerprint density at radius 2 is 1.85 bits per heavy atom. The fourth-order valence-electron chi connectivity index (χ4n) is 2.35. The normalized spacial score (nSPS) is 10.7. The minimum absolute atomic E-state index is 0.751. The Balaban J connectivity index is 2.12. The first-order chi connectivity index (χ1) is 9.61. The van der Waals surface area contributed by atoms with Crippen LogP contribution in [0.1, 0.15) is 11.3 Å². The van der Waals surface area contributed by atoms with Crippen LogP contribution in [-0.2, 0) is 0 Å². The summed E-state index contributed by atoms with van der Waals surface area (Å²) in [4.78, 5) is 4.57. The lowest BCUT2D eigenvalue weighted by Gasteiger charge is -2.12. The lowest BCUT2D eigenvalue weighted by Crippen LogP contribution is -1.96. The summed E-state index contributed by atoms with van der Waals surface area (Å²) in [6.45, 7) is 4.09. The average Bonchev–Trinajstić information content (AvgIpc) is 2.39. The molecule has 3 heteroatoms. The second-order valence-corrected chi connectivity index (χ2v) is 5.08. The lowest BCUT2D eigenvalue weighted by atomic mass is 10.1. The number of nitrogens with zero attached hydrogens (tertiary/aromatic N) is 1. The molecule has 0 atom stereocenters. The summed E-state index contributed by atoms with van der Waals surface area (Å²) in [6, 6.07) is 16.1. The van der Waals surface area contributed by atoms with Crippen LogP contribution in [0.4, 0.5) is 17.1 Å². The molecular formula is C17H17N3. The molecule has 0 aliphatic carbocycles. The number of pyridine rings is 1. The van der Waals surface area contributed by atoms with Crippen LogP contribution in [0.25, 0.3) is 10.9 Å². The lowest BCUT2D eigenvalue weighted by molar-refractivity contribution is 1.25. The van der Waals surface area contributed by atoms with Gasteiger partial charge in [-0.25, -0.2) is 0 Å². The number of nitrogens with two attached hydrogens (primary N) is 1. The highest BCUT2D eigenvalue weighted by atomic mass is 14.9. The zero-order chi connectivity index (χ0) is 14.1. The van der Waals surface area contributed by atoms with Crippen LogP contribution in [0.2, 0.25) is 0 Å². The molecule has 0 aliphatic heterocycles. The quantitative estimate of drug-likeness (QED) is 0.682. The maximum absolute atomic E-state index is 5.83. The molecule has 0 bridgehead atoms. The summed E-state index contributed by atoms with van der Waals surface area (Å²) in [6.07, 6.45) is 0. The number of nitrogen functional groups attached to an aromatic ring is 1. The molecule has 2 aromatic carbocycles. The van der Waals surface area contributed by atoms with E-state index in [1.54, 1.807) is 0 Å². The summed E-state index contributed by atoms with van der Waals surface area (Å²) < 4.78 is 0. The van der Waals surface area contributed by atoms with Crippen molar-refractivity contribution in [3.8, 4) is 0 Å². The SMILES string of the molecule is Cc1ccc2nc(C)cc(Nc3cccc(N)c3)c2c1. The zero-order valence-corrected chi connectivity index (χ0v) is 11.6. The molecular weight excluding hydrogens is 246 g/mol. The van der Waals surface area contributed by atoms with E-state index in [0.717, 1.165) is 33.7 Å². The topological polar surface area (TPSA) is 50.9 Å². The number of anilines is 3. The Kier molecular flexibility index (Phi) is 3.03. The van der Waals surface area contributed by atoms with Crippen molar-refractivity contribution in [2.75, 3.05) is 11.1 Å². The third kappa shape index (κ3) is 2.43. The number of rotatable bonds is 2. The van der Waals surface area contributed by atoms with Gasteiger partial charge in [-0.05, 0) is 50.2 Å². The zero-order valence-electron chi connectivity index (χ0n) is 11.6. The molecule has 0 saturated carbocycles. The standard InChI is InChI=1S/C17H17N3/c1-11-6-7-16-15(8-11)17(9-12(2)19-16)20-14-5-3-4-13(18)10-14/h3-10H,18H2,1-2H3,(H,19,20). The van der Waals surface area contributed by atoms with E-state index in [2.05, 4.69) is 41.5 Å². The van der Waals surface area contributed by atoms with Crippen LogP contribution in [0.5, 0.6) is 0 Å². The first-order valence-corrected chi connectivity index (χ1v) is 6.62. The third-order valence-corrected chi connectivity index (χ3v) is 3.26. The molecule has 3 nitrogen and oxygen atoms in total. The van der Waals surface area contributed by atoms with E-state index in [1.807, 2.05) is 31.2 Å². The summed E-state index contributed by atoms with van der Waals surface area (Å²) in [5.41, 5.74) is 11.8. The van der Waals surface area contributed by atoms with Gasteiger partial charge >= 0.3 is 0 Å². The van der Waals surface area contributed by atoms with Crippen molar-refractivity contribution < 1.29 is 0 Å². The number of aromatic nitrogens is 1. The highest BCUT2D eigenvalue weighted by Gasteiger charge is 2.05. The van der Waals surface area contributed by atoms with E-state index in [9.17, 15) is 0 Å². The Morgan fingerprint density at radius 3 is 2.65 bits per heavy atom. The van der Waals surface area contributed by atoms with Gasteiger partial charge in [-0.3, -0.25) is 4.98 Å². The maximum Gasteiger partial charge on any atom is 0.0726 e. The molecule has 1 aromatic heterocycles. The molecule has 0 fully saturated rings. The second-order valence-electron chi connectivity index (χ2n) is 5.08. The Hall–Kier alpha value is -2.55. The summed E-state index contributed by atoms with van der Waals surface area (Å²) >= 11 is 0. The van der Waals surface area contributed by atoms with Crippen LogP contribution >= 0.6 is 0 Å². The number of nitrogens with one attached hydrogen (secondary N) is 1. The third-order valence-electron chi connectivity index (χ3n) is 3.26. The van der Waals surface area contributed by atoms with Crippen LogP contribution in [-0.4, -0.2) is 4.98 Å². The Bertz CT molecular complexity index is 778. The van der Waals surface area contributed by atoms with Crippen molar-refractivity contribution in [1.29, 1.82) is 0 Å². The number of hydrogen-bond donors (Lipinski definition) is 2. The highest BCUT2D eigenvalue weighted by Crippen LogP contribution is 2.27. The summed E-state index contributed by atoms with van der Waals surface area (Å²) in [5.74, 6) is 0. The average molecular weight is 263 g/mol. The Morgan fingerprint density at radius 1 is 1.00 bits per heavy atom. The van der Waals surface area contributed by atoms with Crippen molar-refractivity contribution in [3.63, 3.8) is 0 Å². The number of benzene rings is 2. The van der Waals surface area contributed by atoms with Crippen molar-refractivity contribution in [1.82, 2.24) is 4.98 Å². The van der Waals surface area contributed by atoms with Crippen LogP contribution < -0.4 is 11.1 Å². The second kappa shape index (κ2) is 4.85. The molecule has 20 heavy (non-hydrogen) atoms. The van der Waals surface area contributed by atoms with Gasteiger partial charge in [0.2, 0.25) is 0 Å². The van der Waals surface area contributed by atoms with Crippen molar-refractivity contribution >= 4 is 28.0 Å². The predicted octanol–water partition coefficient (Wildman–Crippen LogP) is 4.18. The Labute approximate surface area is 118 Å². The maximum atomic E-state index is 5.83. The molecule has 0 unspecified atom stereocenters. The number of aryl methyl sites for hydroxylation is 2. The van der Waals surface area contributed by atoms with E-state index in [4.69, 9.17) is 5.73 Å². The van der Waals surface area contributed by atoms with Gasteiger partial charge in [-0.2, -0.15) is 0 Å². The van der Waals surface area contributed by atoms with Crippen molar-refractivity contribution in [2.24, 2.45) is 0 Å². The van der Waals surface area contributed by atoms with E-state index in [0.29, 0.717) is 0 Å². The molecule has 3 rings (SSSR count). The van der Waals surface area contributed by atoms with Gasteiger partial charge < -0.3 is 11.1 Å². The molecule has 0 radical (unpaired) electrons. The van der Waals surface area contributed by atoms with E-state index in [1.165, 1.54) is 5.56 Å². The number of fused-ring (bicyclic) bond motifs is 1. The van der Waals surface area contributed by atoms with Crippen molar-refractivity contribution in [3.05, 3.63) is 59.8 Å². The molecule has 100 valence electrons. The summed E-state index contributed by atoms with van der Waals surface area (Å²) in [7, 11) is 0. The smallest absolute Gasteiger partial charge is 0.0726 e. The monoisotopic (exact) mass is 263 g/mol. The molecule has 1 heterocycles. The fourth-order valence-corrected chi connectivity index (χ4v) is 2.35. The predicted molar refractivity (Wildman–Crippen MR) is 85.4 cm³/mol. The van der Waals surface area contributed by atoms with Gasteiger partial charge in [0, 0.05) is 28.1 Å². The van der Waals surface area contributed by atoms with Gasteiger partial charge in [0.1, 0.15) is 0 Å². The number of hydrogen-bond acceptors (Lipinski definition) is 3. The van der Waals surface area contributed by atoms with E-state index in [-0.39, 0.29) is 0 Å². The van der Waals surface area contributed by atoms with Gasteiger partial charge in [-0.1, -0.05) is 17.7 Å². The fraction of sp³-hybridized carbons (Fsp3) is 0.118. The minimum Gasteiger partial charge on any atom is -0.399 e. The van der Waals surface area contributed by atoms with E-state index >= 15 is 0 Å². The summed E-state index contributed by atoms with van der Waals surface area (Å²) in [5, 5.41) is 4.56. The van der Waals surface area contributed by atoms with Crippen LogP contribution in [0.3, 0.4) is 0 Å². The van der Waals surface area contributed by atoms with Crippen LogP contribution in [0.15, 0.2) is 48.5 Å². The van der Waals surface area contributed by atoms with Crippen LogP contribution in [0, 0.1) is 13.8 Å². The van der Waals surface area contributed by atoms with Gasteiger partial charge in [0.25, 0.3) is 0 Å². The first kappa shape index (κ1) is 12.5.